The summed E-state index contributed by atoms with van der Waals surface area (Å²) in [7, 11) is 57.5. The minimum atomic E-state index is -0.0744. The Kier molecular flexibility index (Phi) is 31.1. The number of nitrogens with zero attached hydrogens (tertiary/aromatic N) is 3. The molecule has 12 rings (SSSR count). The van der Waals surface area contributed by atoms with Crippen LogP contribution < -0.4 is 0 Å². The van der Waals surface area contributed by atoms with E-state index in [0.717, 1.165) is 113 Å². The summed E-state index contributed by atoms with van der Waals surface area (Å²) in [5.74, 6) is 1.69. The molecule has 0 N–H and O–H groups in total. The molecule has 0 saturated carbocycles. The quantitative estimate of drug-likeness (QED) is 0.0708. The van der Waals surface area contributed by atoms with Crippen molar-refractivity contribution in [3.63, 3.8) is 0 Å². The molecule has 0 aliphatic rings. The van der Waals surface area contributed by atoms with Gasteiger partial charge in [-0.3, -0.25) is 0 Å². The normalized spacial score (nSPS) is 13.7. The first kappa shape index (κ1) is 77.5. The molecule has 0 saturated heterocycles. The number of fused-ring (bicyclic) bond motifs is 9. The molecule has 39 heteroatoms. The third-order valence-electron chi connectivity index (χ3n) is 13.7. The lowest BCUT2D eigenvalue weighted by Crippen LogP contribution is -2.00. The summed E-state index contributed by atoms with van der Waals surface area (Å²) in [6.45, 7) is -0.323. The zero-order valence-corrected chi connectivity index (χ0v) is 81.4. The highest BCUT2D eigenvalue weighted by Gasteiger charge is 2.52. The molecule has 21 unspecified atom stereocenters. The van der Waals surface area contributed by atoms with Crippen LogP contribution in [0.3, 0.4) is 0 Å². The lowest BCUT2D eigenvalue weighted by Gasteiger charge is -2.53. The Hall–Kier alpha value is 6.36. The number of hydrogen-bond donors (Lipinski definition) is 0. The maximum absolute atomic E-state index is 6.52. The van der Waals surface area contributed by atoms with Gasteiger partial charge in [0.25, 0.3) is 0 Å². The van der Waals surface area contributed by atoms with Gasteiger partial charge in [0.05, 0.1) is 0 Å². The van der Waals surface area contributed by atoms with Crippen LogP contribution in [0.1, 0.15) is 0 Å². The van der Waals surface area contributed by atoms with E-state index >= 15 is 0 Å². The molecule has 6 nitrogen and oxygen atoms in total. The molecule has 90 heavy (non-hydrogen) atoms. The molecule has 4 aromatic heterocycles. The minimum Gasteiger partial charge on any atom is -0.456 e. The van der Waals surface area contributed by atoms with Crippen molar-refractivity contribution in [1.82, 2.24) is 15.0 Å². The van der Waals surface area contributed by atoms with Crippen molar-refractivity contribution in [2.45, 2.75) is 0 Å². The van der Waals surface area contributed by atoms with Crippen LogP contribution in [0.5, 0.6) is 0 Å². The summed E-state index contributed by atoms with van der Waals surface area (Å²) in [6.07, 6.45) is 0. The fourth-order valence-electron chi connectivity index (χ4n) is 10.1. The monoisotopic (exact) mass is 1790 g/mol. The molecule has 0 bridgehead atoms. The SMILES string of the molecule is PPP(P(P)P)P(P(P)P)P(P(P(P)P)P(P)P)P(P(P(P)P)P(P)P)P(P(P)P)P(P)P.c1ccc(-c2ccc3oc4cccc(-c5ccc6oc7cccc(-c8nc(-c9ccccc9)nc(-c9ccc%10c(c9)oc9ccccc9%10)n8)c7c6c5)c4c3c2)cc1. The van der Waals surface area contributed by atoms with Crippen LogP contribution in [0.25, 0.3) is 122 Å². The molecule has 0 aliphatic carbocycles. The van der Waals surface area contributed by atoms with Gasteiger partial charge in [-0.15, -0.1) is 152 Å². The third kappa shape index (κ3) is 17.9. The molecule has 0 radical (unpaired) electrons. The molecular weight excluding hydrogens is 1720 g/mol. The summed E-state index contributed by atoms with van der Waals surface area (Å²) in [4.78, 5) is 15.3. The van der Waals surface area contributed by atoms with Crippen LogP contribution in [0.2, 0.25) is 0 Å². The van der Waals surface area contributed by atoms with Gasteiger partial charge >= 0.3 is 0 Å². The molecule has 0 fully saturated rings. The zero-order valence-electron chi connectivity index (χ0n) is 47.3. The summed E-state index contributed by atoms with van der Waals surface area (Å²) in [5.41, 5.74) is 11.9. The van der Waals surface area contributed by atoms with Crippen molar-refractivity contribution >= 4 is 330 Å². The zero-order chi connectivity index (χ0) is 63.8. The Morgan fingerprint density at radius 1 is 0.267 bits per heavy atom. The average molecular weight is 1790 g/mol. The first-order chi connectivity index (χ1) is 43.2. The molecule has 4 heterocycles. The van der Waals surface area contributed by atoms with Crippen molar-refractivity contribution in [2.75, 3.05) is 0 Å². The first-order valence-electron chi connectivity index (χ1n) is 26.4. The second-order valence-electron chi connectivity index (χ2n) is 19.4. The Morgan fingerprint density at radius 2 is 0.667 bits per heavy atom. The van der Waals surface area contributed by atoms with Crippen LogP contribution in [-0.2, 0) is 0 Å². The van der Waals surface area contributed by atoms with Gasteiger partial charge in [0.1, 0.15) is 33.5 Å². The number of rotatable bonds is 20. The molecule has 21 atom stereocenters. The standard InChI is InChI=1S/C51H29N3O3.H35P33/c1-3-11-30(12-4-1)32-22-25-42-39(27-32)47-35(16-9-19-44(47)55-42)33-23-26-43-40(28-33)48-38(17-10-20-45(48)56-43)51-53-49(31-13-5-2-6-14-31)52-50(54-51)34-21-24-37-36-15-7-8-18-41(36)57-46(37)29-34;1-18-27(19(2)3)31(26(16)17)33(30(24(12)13)25(14)15)32(28(20(4)5)21(6)7)29(22(8)9)23(10)11/h1-29H;18H,1-17H2. The Bertz CT molecular complexity index is 4420. The van der Waals surface area contributed by atoms with Crippen LogP contribution in [0.4, 0.5) is 0 Å². The first-order valence-corrected chi connectivity index (χ1v) is 85.9. The molecular formula is C51H64N3O3P33. The molecule has 0 amide bonds. The van der Waals surface area contributed by atoms with Gasteiger partial charge < -0.3 is 13.3 Å². The van der Waals surface area contributed by atoms with E-state index in [-0.39, 0.29) is 105 Å². The van der Waals surface area contributed by atoms with E-state index in [0.29, 0.717) is 17.5 Å². The maximum Gasteiger partial charge on any atom is 0.164 e. The molecule has 8 aromatic carbocycles. The largest absolute Gasteiger partial charge is 0.456 e. The third-order valence-corrected chi connectivity index (χ3v) is 234. The van der Waals surface area contributed by atoms with Gasteiger partial charge in [-0.1, -0.05) is 129 Å². The van der Waals surface area contributed by atoms with E-state index in [2.05, 4.69) is 249 Å². The van der Waals surface area contributed by atoms with E-state index in [9.17, 15) is 0 Å². The van der Waals surface area contributed by atoms with Gasteiger partial charge in [0, 0.05) is 49.0 Å². The van der Waals surface area contributed by atoms with Crippen molar-refractivity contribution in [1.29, 1.82) is 0 Å². The van der Waals surface area contributed by atoms with Crippen molar-refractivity contribution in [3.8, 4) is 56.4 Å². The predicted molar refractivity (Wildman–Crippen MR) is 506 cm³/mol. The van der Waals surface area contributed by atoms with Gasteiger partial charge in [-0.25, -0.2) is 15.0 Å². The average Bonchev–Trinajstić information content (AvgIpc) is 1.40. The van der Waals surface area contributed by atoms with Crippen LogP contribution >= 0.6 is 265 Å². The lowest BCUT2D eigenvalue weighted by atomic mass is 9.96. The van der Waals surface area contributed by atoms with Crippen LogP contribution in [-0.4, -0.2) is 15.0 Å². The fraction of sp³-hybridized carbons (Fsp3) is 0. The van der Waals surface area contributed by atoms with Crippen molar-refractivity contribution in [3.05, 3.63) is 176 Å². The van der Waals surface area contributed by atoms with Gasteiger partial charge in [0.15, 0.2) is 17.5 Å². The van der Waals surface area contributed by atoms with Crippen LogP contribution in [0.15, 0.2) is 189 Å². The summed E-state index contributed by atoms with van der Waals surface area (Å²) in [6, 6.07) is 59.9. The van der Waals surface area contributed by atoms with E-state index in [1.165, 1.54) is 0 Å². The number of furan rings is 3. The predicted octanol–water partition coefficient (Wildman–Crippen LogP) is 33.0. The summed E-state index contributed by atoms with van der Waals surface area (Å²) < 4.78 is 19.2. The van der Waals surface area contributed by atoms with E-state index < -0.39 is 0 Å². The van der Waals surface area contributed by atoms with Crippen molar-refractivity contribution in [2.24, 2.45) is 0 Å². The highest BCUT2D eigenvalue weighted by Crippen LogP contribution is 3.39. The molecule has 0 spiro atoms. The Labute approximate surface area is 585 Å². The topological polar surface area (TPSA) is 78.1 Å². The van der Waals surface area contributed by atoms with E-state index in [1.54, 1.807) is 0 Å². The van der Waals surface area contributed by atoms with Gasteiger partial charge in [0.2, 0.25) is 0 Å². The second kappa shape index (κ2) is 36.1. The molecule has 466 valence electrons. The molecule has 0 aliphatic heterocycles. The maximum atomic E-state index is 6.52. The Balaban J connectivity index is 0.000000219. The van der Waals surface area contributed by atoms with Crippen molar-refractivity contribution < 1.29 is 13.3 Å². The number of hydrogen-bond acceptors (Lipinski definition) is 6. The summed E-state index contributed by atoms with van der Waals surface area (Å²) in [5, 5.41) is 6.19. The van der Waals surface area contributed by atoms with Gasteiger partial charge in [-0.05, 0) is 182 Å². The number of aromatic nitrogens is 3. The summed E-state index contributed by atoms with van der Waals surface area (Å²) >= 11 is 0. The second-order valence-corrected chi connectivity index (χ2v) is 151. The smallest absolute Gasteiger partial charge is 0.164 e. The number of benzene rings is 8. The van der Waals surface area contributed by atoms with Gasteiger partial charge in [-0.2, -0.15) is 0 Å². The minimum absolute atomic E-state index is 0.0163. The highest BCUT2D eigenvalue weighted by atomic mass is 33.5. The molecule has 12 aromatic rings. The highest BCUT2D eigenvalue weighted by molar-refractivity contribution is 9.45. The van der Waals surface area contributed by atoms with Crippen LogP contribution in [0, 0.1) is 0 Å². The number of para-hydroxylation sites is 1. The fourth-order valence-corrected chi connectivity index (χ4v) is 450. The lowest BCUT2D eigenvalue weighted by molar-refractivity contribution is 0.668. The van der Waals surface area contributed by atoms with E-state index in [1.807, 2.05) is 78.9 Å². The van der Waals surface area contributed by atoms with E-state index in [4.69, 9.17) is 28.2 Å². The Morgan fingerprint density at radius 3 is 1.20 bits per heavy atom.